The summed E-state index contributed by atoms with van der Waals surface area (Å²) >= 11 is 0. The van der Waals surface area contributed by atoms with Crippen LogP contribution in [0.4, 0.5) is 0 Å². The second-order valence-electron chi connectivity index (χ2n) is 3.24. The molecular weight excluding hydrogens is 214 g/mol. The third-order valence-corrected chi connectivity index (χ3v) is 1.91. The lowest BCUT2D eigenvalue weighted by Gasteiger charge is -2.16. The molecule has 1 heterocycles. The van der Waals surface area contributed by atoms with Gasteiger partial charge >= 0.3 is 0 Å². The molecule has 1 rings (SSSR count). The highest BCUT2D eigenvalue weighted by Crippen LogP contribution is 1.92. The Kier molecular flexibility index (Phi) is 5.37. The van der Waals surface area contributed by atoms with Crippen molar-refractivity contribution in [3.8, 4) is 0 Å². The Morgan fingerprint density at radius 2 is 2.50 bits per heavy atom. The monoisotopic (exact) mass is 229 g/mol. The van der Waals surface area contributed by atoms with E-state index in [0.717, 1.165) is 0 Å². The van der Waals surface area contributed by atoms with Crippen LogP contribution in [0.2, 0.25) is 0 Å². The van der Waals surface area contributed by atoms with E-state index in [2.05, 4.69) is 20.8 Å². The minimum absolute atomic E-state index is 0.000806. The fourth-order valence-electron chi connectivity index (χ4n) is 1.23. The normalized spacial score (nSPS) is 12.4. The minimum Gasteiger partial charge on any atom is -0.396 e. The third kappa shape index (κ3) is 4.32. The molecule has 8 heteroatoms. The number of tetrazole rings is 1. The van der Waals surface area contributed by atoms with Gasteiger partial charge in [-0.1, -0.05) is 0 Å². The predicted octanol–water partition coefficient (Wildman–Crippen LogP) is -1.81. The average molecular weight is 229 g/mol. The lowest BCUT2D eigenvalue weighted by Crippen LogP contribution is -2.40. The van der Waals surface area contributed by atoms with Gasteiger partial charge in [-0.05, 0) is 16.8 Å². The second kappa shape index (κ2) is 6.85. The van der Waals surface area contributed by atoms with E-state index in [-0.39, 0.29) is 25.1 Å². The summed E-state index contributed by atoms with van der Waals surface area (Å²) in [6, 6.07) is -0.195. The van der Waals surface area contributed by atoms with Gasteiger partial charge in [-0.2, -0.15) is 0 Å². The number of hydrogen-bond acceptors (Lipinski definition) is 6. The SMILES string of the molecule is COCC(CCO)NC(=O)Cn1cnnn1. The molecule has 16 heavy (non-hydrogen) atoms. The summed E-state index contributed by atoms with van der Waals surface area (Å²) in [4.78, 5) is 11.5. The van der Waals surface area contributed by atoms with Crippen molar-refractivity contribution in [3.63, 3.8) is 0 Å². The first kappa shape index (κ1) is 12.5. The van der Waals surface area contributed by atoms with Crippen LogP contribution in [0.25, 0.3) is 0 Å². The highest BCUT2D eigenvalue weighted by atomic mass is 16.5. The Hall–Kier alpha value is -1.54. The number of hydrogen-bond donors (Lipinski definition) is 2. The Morgan fingerprint density at radius 1 is 1.69 bits per heavy atom. The van der Waals surface area contributed by atoms with E-state index >= 15 is 0 Å². The highest BCUT2D eigenvalue weighted by Gasteiger charge is 2.12. The van der Waals surface area contributed by atoms with Crippen LogP contribution in [0.5, 0.6) is 0 Å². The largest absolute Gasteiger partial charge is 0.396 e. The van der Waals surface area contributed by atoms with Gasteiger partial charge in [0.05, 0.1) is 12.6 Å². The van der Waals surface area contributed by atoms with Gasteiger partial charge in [0.2, 0.25) is 5.91 Å². The maximum absolute atomic E-state index is 11.5. The first-order valence-electron chi connectivity index (χ1n) is 4.86. The summed E-state index contributed by atoms with van der Waals surface area (Å²) in [5.41, 5.74) is 0. The molecule has 1 atom stereocenters. The molecule has 1 aromatic heterocycles. The van der Waals surface area contributed by atoms with E-state index in [4.69, 9.17) is 9.84 Å². The number of carbonyl (C=O) groups is 1. The van der Waals surface area contributed by atoms with Crippen LogP contribution in [0.1, 0.15) is 6.42 Å². The van der Waals surface area contributed by atoms with E-state index in [0.29, 0.717) is 13.0 Å². The number of methoxy groups -OCH3 is 1. The van der Waals surface area contributed by atoms with E-state index in [9.17, 15) is 4.79 Å². The number of rotatable bonds is 7. The van der Waals surface area contributed by atoms with Crippen LogP contribution in [0.3, 0.4) is 0 Å². The van der Waals surface area contributed by atoms with Crippen molar-refractivity contribution < 1.29 is 14.6 Å². The molecule has 0 fully saturated rings. The zero-order valence-corrected chi connectivity index (χ0v) is 9.04. The van der Waals surface area contributed by atoms with E-state index < -0.39 is 0 Å². The standard InChI is InChI=1S/C8H15N5O3/c1-16-5-7(2-3-14)10-8(15)4-13-6-9-11-12-13/h6-7,14H,2-5H2,1H3,(H,10,15). The Balaban J connectivity index is 2.35. The number of aromatic nitrogens is 4. The van der Waals surface area contributed by atoms with Gasteiger partial charge in [-0.25, -0.2) is 4.68 Å². The molecule has 0 spiro atoms. The average Bonchev–Trinajstić information content (AvgIpc) is 2.71. The fraction of sp³-hybridized carbons (Fsp3) is 0.750. The molecule has 1 unspecified atom stereocenters. The number of carbonyl (C=O) groups excluding carboxylic acids is 1. The van der Waals surface area contributed by atoms with Gasteiger partial charge in [-0.15, -0.1) is 5.10 Å². The zero-order valence-electron chi connectivity index (χ0n) is 9.04. The molecule has 0 bridgehead atoms. The van der Waals surface area contributed by atoms with E-state index in [1.807, 2.05) is 0 Å². The van der Waals surface area contributed by atoms with Gasteiger partial charge in [0, 0.05) is 13.7 Å². The van der Waals surface area contributed by atoms with Crippen molar-refractivity contribution in [2.45, 2.75) is 19.0 Å². The summed E-state index contributed by atoms with van der Waals surface area (Å²) in [7, 11) is 1.54. The quantitative estimate of drug-likeness (QED) is 0.571. The summed E-state index contributed by atoms with van der Waals surface area (Å²) in [6.07, 6.45) is 1.81. The first-order chi connectivity index (χ1) is 7.76. The molecule has 8 nitrogen and oxygen atoms in total. The number of amides is 1. The van der Waals surface area contributed by atoms with Crippen molar-refractivity contribution >= 4 is 5.91 Å². The summed E-state index contributed by atoms with van der Waals surface area (Å²) < 4.78 is 6.24. The van der Waals surface area contributed by atoms with Gasteiger partial charge in [0.25, 0.3) is 0 Å². The Bertz CT molecular complexity index is 297. The van der Waals surface area contributed by atoms with Gasteiger partial charge in [0.15, 0.2) is 0 Å². The van der Waals surface area contributed by atoms with Crippen molar-refractivity contribution in [2.24, 2.45) is 0 Å². The number of nitrogens with zero attached hydrogens (tertiary/aromatic N) is 4. The molecule has 1 aromatic rings. The van der Waals surface area contributed by atoms with E-state index in [1.165, 1.54) is 18.1 Å². The van der Waals surface area contributed by atoms with Crippen LogP contribution >= 0.6 is 0 Å². The Labute approximate surface area is 92.6 Å². The van der Waals surface area contributed by atoms with E-state index in [1.54, 1.807) is 0 Å². The van der Waals surface area contributed by atoms with Crippen molar-refractivity contribution in [2.75, 3.05) is 20.3 Å². The number of aliphatic hydroxyl groups is 1. The maximum Gasteiger partial charge on any atom is 0.242 e. The van der Waals surface area contributed by atoms with Gasteiger partial charge in [-0.3, -0.25) is 4.79 Å². The minimum atomic E-state index is -0.220. The second-order valence-corrected chi connectivity index (χ2v) is 3.24. The van der Waals surface area contributed by atoms with Gasteiger partial charge < -0.3 is 15.2 Å². The Morgan fingerprint density at radius 3 is 3.06 bits per heavy atom. The molecule has 0 aliphatic heterocycles. The number of nitrogens with one attached hydrogen (secondary N) is 1. The molecule has 0 radical (unpaired) electrons. The topological polar surface area (TPSA) is 102 Å². The summed E-state index contributed by atoms with van der Waals surface area (Å²) in [5, 5.41) is 21.9. The van der Waals surface area contributed by atoms with Crippen molar-refractivity contribution in [3.05, 3.63) is 6.33 Å². The highest BCUT2D eigenvalue weighted by molar-refractivity contribution is 5.75. The van der Waals surface area contributed by atoms with Gasteiger partial charge in [0.1, 0.15) is 12.9 Å². The van der Waals surface area contributed by atoms with Crippen LogP contribution in [-0.2, 0) is 16.1 Å². The lowest BCUT2D eigenvalue weighted by atomic mass is 10.2. The molecule has 0 aliphatic carbocycles. The third-order valence-electron chi connectivity index (χ3n) is 1.91. The number of aliphatic hydroxyl groups excluding tert-OH is 1. The molecule has 0 aliphatic rings. The zero-order chi connectivity index (χ0) is 11.8. The van der Waals surface area contributed by atoms with Crippen molar-refractivity contribution in [1.29, 1.82) is 0 Å². The molecule has 1 amide bonds. The lowest BCUT2D eigenvalue weighted by molar-refractivity contribution is -0.123. The molecule has 0 aromatic carbocycles. The first-order valence-corrected chi connectivity index (χ1v) is 4.86. The van der Waals surface area contributed by atoms with Crippen molar-refractivity contribution in [1.82, 2.24) is 25.5 Å². The van der Waals surface area contributed by atoms with Crippen LogP contribution in [-0.4, -0.2) is 57.6 Å². The molecule has 2 N–H and O–H groups in total. The number of ether oxygens (including phenoxy) is 1. The summed E-state index contributed by atoms with van der Waals surface area (Å²) in [5.74, 6) is -0.220. The predicted molar refractivity (Wildman–Crippen MR) is 53.3 cm³/mol. The molecular formula is C8H15N5O3. The van der Waals surface area contributed by atoms with Crippen LogP contribution in [0.15, 0.2) is 6.33 Å². The molecule has 0 saturated heterocycles. The smallest absolute Gasteiger partial charge is 0.242 e. The molecule has 0 saturated carbocycles. The van der Waals surface area contributed by atoms with Crippen LogP contribution in [0, 0.1) is 0 Å². The summed E-state index contributed by atoms with van der Waals surface area (Å²) in [6.45, 7) is 0.416. The molecule has 90 valence electrons. The fourth-order valence-corrected chi connectivity index (χ4v) is 1.23. The maximum atomic E-state index is 11.5. The van der Waals surface area contributed by atoms with Crippen LogP contribution < -0.4 is 5.32 Å².